The smallest absolute Gasteiger partial charge is 0.303 e. The van der Waals surface area contributed by atoms with Gasteiger partial charge >= 0.3 is 5.97 Å². The molecule has 7 heteroatoms. The number of hydrogen-bond acceptors (Lipinski definition) is 5. The van der Waals surface area contributed by atoms with Crippen molar-refractivity contribution in [3.05, 3.63) is 58.5 Å². The van der Waals surface area contributed by atoms with Crippen molar-refractivity contribution in [2.75, 3.05) is 0 Å². The largest absolute Gasteiger partial charge is 0.481 e. The molecule has 0 radical (unpaired) electrons. The lowest BCUT2D eigenvalue weighted by molar-refractivity contribution is -0.137. The van der Waals surface area contributed by atoms with Gasteiger partial charge in [0.15, 0.2) is 0 Å². The standard InChI is InChI=1S/C26H31ClO5S/c1-26(2)24(31)17(9-5-3-4-6-12-22(29)30)18(25(26)32)14-13-16(28)15-21-23(27)19-10-7-8-11-20(19)33-21/h3,5,7-8,10-11,13-14,16-18,25,28,32H,4,6,9,12,15H2,1-2H3,(H,29,30)/t16-,17-,18-,25+/m1/s1. The molecule has 1 heterocycles. The minimum absolute atomic E-state index is 0.00174. The molecule has 2 aromatic rings. The van der Waals surface area contributed by atoms with Gasteiger partial charge in [-0.05, 0) is 25.3 Å². The Balaban J connectivity index is 1.67. The highest BCUT2D eigenvalue weighted by atomic mass is 35.5. The van der Waals surface area contributed by atoms with Gasteiger partial charge in [-0.15, -0.1) is 11.3 Å². The first-order valence-electron chi connectivity index (χ1n) is 11.2. The van der Waals surface area contributed by atoms with Crippen molar-refractivity contribution in [3.8, 4) is 0 Å². The summed E-state index contributed by atoms with van der Waals surface area (Å²) < 4.78 is 1.07. The molecule has 3 rings (SSSR count). The summed E-state index contributed by atoms with van der Waals surface area (Å²) in [6.45, 7) is 3.51. The lowest BCUT2D eigenvalue weighted by Gasteiger charge is -2.22. The van der Waals surface area contributed by atoms with Crippen LogP contribution in [0, 0.1) is 17.3 Å². The average Bonchev–Trinajstić information content (AvgIpc) is 3.16. The van der Waals surface area contributed by atoms with Crippen LogP contribution < -0.4 is 0 Å². The van der Waals surface area contributed by atoms with Crippen LogP contribution in [0.4, 0.5) is 0 Å². The van der Waals surface area contributed by atoms with Gasteiger partial charge in [0.05, 0.1) is 22.6 Å². The summed E-state index contributed by atoms with van der Waals surface area (Å²) in [4.78, 5) is 24.5. The van der Waals surface area contributed by atoms with Crippen molar-refractivity contribution in [1.82, 2.24) is 0 Å². The lowest BCUT2D eigenvalue weighted by atomic mass is 9.86. The van der Waals surface area contributed by atoms with Crippen molar-refractivity contribution in [3.63, 3.8) is 0 Å². The van der Waals surface area contributed by atoms with Gasteiger partial charge in [-0.1, -0.05) is 68.0 Å². The number of carbonyl (C=O) groups excluding carboxylic acids is 1. The number of carbonyl (C=O) groups is 2. The summed E-state index contributed by atoms with van der Waals surface area (Å²) in [6, 6.07) is 7.85. The number of unbranched alkanes of at least 4 members (excludes halogenated alkanes) is 1. The van der Waals surface area contributed by atoms with Gasteiger partial charge < -0.3 is 15.3 Å². The molecule has 33 heavy (non-hydrogen) atoms. The third kappa shape index (κ3) is 5.93. The Bertz CT molecular complexity index is 1050. The quantitative estimate of drug-likeness (QED) is 0.305. The zero-order chi connectivity index (χ0) is 24.2. The fourth-order valence-corrected chi connectivity index (χ4v) is 6.00. The van der Waals surface area contributed by atoms with Gasteiger partial charge in [0.2, 0.25) is 0 Å². The molecule has 1 aliphatic rings. The fourth-order valence-electron chi connectivity index (χ4n) is 4.45. The van der Waals surface area contributed by atoms with E-state index < -0.39 is 29.5 Å². The van der Waals surface area contributed by atoms with Crippen LogP contribution in [0.15, 0.2) is 48.6 Å². The summed E-state index contributed by atoms with van der Waals surface area (Å²) in [6.07, 6.45) is 7.73. The lowest BCUT2D eigenvalue weighted by Crippen LogP contribution is -2.31. The van der Waals surface area contributed by atoms with E-state index in [0.717, 1.165) is 15.0 Å². The number of carboxylic acids is 1. The van der Waals surface area contributed by atoms with Crippen molar-refractivity contribution in [1.29, 1.82) is 0 Å². The van der Waals surface area contributed by atoms with Crippen LogP contribution in [0.2, 0.25) is 5.02 Å². The number of ketones is 1. The van der Waals surface area contributed by atoms with E-state index >= 15 is 0 Å². The Labute approximate surface area is 203 Å². The topological polar surface area (TPSA) is 94.8 Å². The van der Waals surface area contributed by atoms with Crippen molar-refractivity contribution < 1.29 is 24.9 Å². The second-order valence-corrected chi connectivity index (χ2v) is 10.7. The summed E-state index contributed by atoms with van der Waals surface area (Å²) in [5.74, 6) is -1.60. The number of Topliss-reactive ketones (excluding diaryl/α,β-unsaturated/α-hetero) is 1. The van der Waals surface area contributed by atoms with Crippen molar-refractivity contribution in [2.45, 2.75) is 58.2 Å². The molecular weight excluding hydrogens is 460 g/mol. The minimum Gasteiger partial charge on any atom is -0.481 e. The number of rotatable bonds is 10. The molecule has 0 saturated heterocycles. The van der Waals surface area contributed by atoms with E-state index in [0.29, 0.717) is 30.7 Å². The number of aliphatic carboxylic acids is 1. The molecule has 5 nitrogen and oxygen atoms in total. The highest BCUT2D eigenvalue weighted by Gasteiger charge is 2.52. The first-order valence-corrected chi connectivity index (χ1v) is 12.4. The molecule has 0 aliphatic heterocycles. The zero-order valence-corrected chi connectivity index (χ0v) is 20.5. The van der Waals surface area contributed by atoms with Crippen LogP contribution in [0.3, 0.4) is 0 Å². The molecule has 1 saturated carbocycles. The molecule has 0 spiro atoms. The van der Waals surface area contributed by atoms with Crippen LogP contribution in [0.25, 0.3) is 10.1 Å². The Kier molecular flexibility index (Phi) is 8.51. The normalized spacial score (nSPS) is 23.8. The fraction of sp³-hybridized carbons (Fsp3) is 0.462. The molecule has 178 valence electrons. The third-order valence-corrected chi connectivity index (χ3v) is 8.15. The van der Waals surface area contributed by atoms with E-state index in [-0.39, 0.29) is 18.1 Å². The number of fused-ring (bicyclic) bond motifs is 1. The summed E-state index contributed by atoms with van der Waals surface area (Å²) in [5.41, 5.74) is -0.865. The Morgan fingerprint density at radius 1 is 1.27 bits per heavy atom. The minimum atomic E-state index is -0.865. The Morgan fingerprint density at radius 2 is 2.00 bits per heavy atom. The first-order chi connectivity index (χ1) is 15.6. The molecule has 0 amide bonds. The first kappa shape index (κ1) is 25.6. The van der Waals surface area contributed by atoms with E-state index in [2.05, 4.69) is 0 Å². The van der Waals surface area contributed by atoms with Gasteiger partial charge in [0.1, 0.15) is 5.78 Å². The molecule has 1 aromatic heterocycles. The molecule has 4 atom stereocenters. The van der Waals surface area contributed by atoms with E-state index in [4.69, 9.17) is 16.7 Å². The van der Waals surface area contributed by atoms with Gasteiger partial charge in [-0.2, -0.15) is 0 Å². The van der Waals surface area contributed by atoms with Crippen LogP contribution in [0.1, 0.15) is 44.4 Å². The predicted molar refractivity (Wildman–Crippen MR) is 133 cm³/mol. The number of benzene rings is 1. The number of hydrogen-bond donors (Lipinski definition) is 3. The Hall–Kier alpha value is -1.99. The molecule has 1 aliphatic carbocycles. The third-order valence-electron chi connectivity index (χ3n) is 6.41. The van der Waals surface area contributed by atoms with Gasteiger partial charge in [0, 0.05) is 39.6 Å². The summed E-state index contributed by atoms with van der Waals surface area (Å²) in [5, 5.41) is 31.8. The van der Waals surface area contributed by atoms with Crippen LogP contribution >= 0.6 is 22.9 Å². The SMILES string of the molecule is CC1(C)C(=O)[C@H](CC=CCCCC(=O)O)[C@@H](C=C[C@@H](O)Cc2sc3ccccc3c2Cl)[C@@H]1O. The van der Waals surface area contributed by atoms with Crippen LogP contribution in [-0.2, 0) is 16.0 Å². The summed E-state index contributed by atoms with van der Waals surface area (Å²) >= 11 is 8.05. The maximum Gasteiger partial charge on any atom is 0.303 e. The molecule has 0 unspecified atom stereocenters. The van der Waals surface area contributed by atoms with Gasteiger partial charge in [-0.25, -0.2) is 0 Å². The maximum absolute atomic E-state index is 13.0. The number of aliphatic hydroxyl groups excluding tert-OH is 2. The number of allylic oxidation sites excluding steroid dienone is 2. The van der Waals surface area contributed by atoms with Gasteiger partial charge in [0.25, 0.3) is 0 Å². The molecule has 1 fully saturated rings. The monoisotopic (exact) mass is 490 g/mol. The van der Waals surface area contributed by atoms with Crippen LogP contribution in [0.5, 0.6) is 0 Å². The van der Waals surface area contributed by atoms with Crippen LogP contribution in [-0.4, -0.2) is 39.3 Å². The van der Waals surface area contributed by atoms with Crippen molar-refractivity contribution >= 4 is 44.8 Å². The number of aliphatic hydroxyl groups is 2. The molecular formula is C26H31ClO5S. The molecule has 3 N–H and O–H groups in total. The molecule has 0 bridgehead atoms. The second-order valence-electron chi connectivity index (χ2n) is 9.20. The zero-order valence-electron chi connectivity index (χ0n) is 18.9. The number of halogens is 1. The Morgan fingerprint density at radius 3 is 2.70 bits per heavy atom. The maximum atomic E-state index is 13.0. The highest BCUT2D eigenvalue weighted by Crippen LogP contribution is 2.45. The van der Waals surface area contributed by atoms with E-state index in [1.807, 2.05) is 36.4 Å². The number of carboxylic acid groups (broad SMARTS) is 1. The van der Waals surface area contributed by atoms with E-state index in [1.165, 1.54) is 0 Å². The molecule has 1 aromatic carbocycles. The predicted octanol–water partition coefficient (Wildman–Crippen LogP) is 5.42. The van der Waals surface area contributed by atoms with Gasteiger partial charge in [-0.3, -0.25) is 9.59 Å². The van der Waals surface area contributed by atoms with E-state index in [9.17, 15) is 19.8 Å². The summed E-state index contributed by atoms with van der Waals surface area (Å²) in [7, 11) is 0. The second kappa shape index (κ2) is 11.0. The average molecular weight is 491 g/mol. The highest BCUT2D eigenvalue weighted by molar-refractivity contribution is 7.19. The van der Waals surface area contributed by atoms with Crippen molar-refractivity contribution in [2.24, 2.45) is 17.3 Å². The number of thiophene rings is 1. The van der Waals surface area contributed by atoms with E-state index in [1.54, 1.807) is 37.3 Å².